The van der Waals surface area contributed by atoms with Crippen molar-refractivity contribution < 1.29 is 9.59 Å². The number of H-pyrrole nitrogens is 1. The fourth-order valence-corrected chi connectivity index (χ4v) is 3.95. The summed E-state index contributed by atoms with van der Waals surface area (Å²) < 4.78 is 0. The van der Waals surface area contributed by atoms with Crippen LogP contribution >= 0.6 is 0 Å². The lowest BCUT2D eigenvalue weighted by atomic mass is 10.0. The third-order valence-electron chi connectivity index (χ3n) is 5.86. The van der Waals surface area contributed by atoms with E-state index in [0.717, 1.165) is 27.4 Å². The van der Waals surface area contributed by atoms with Crippen LogP contribution in [0.15, 0.2) is 67.0 Å². The standard InChI is InChI=1S/C24H22N4O2/c29-22(26-14-10-17-15-27-19-8-2-1-7-18(17)19)24(11-12-24)23(30)28-20-9-3-5-16-6-4-13-25-21(16)20/h1-9,13,15,27H,10-12,14H2,(H,26,29)(H,28,30). The number of carbonyl (C=O) groups is 2. The number of aromatic nitrogens is 2. The van der Waals surface area contributed by atoms with Crippen LogP contribution in [0.3, 0.4) is 0 Å². The largest absolute Gasteiger partial charge is 0.361 e. The third kappa shape index (κ3) is 3.20. The number of anilines is 1. The van der Waals surface area contributed by atoms with E-state index in [1.54, 1.807) is 6.20 Å². The summed E-state index contributed by atoms with van der Waals surface area (Å²) >= 11 is 0. The van der Waals surface area contributed by atoms with Crippen LogP contribution in [-0.2, 0) is 16.0 Å². The Kier molecular flexibility index (Phi) is 4.47. The van der Waals surface area contributed by atoms with Crippen molar-refractivity contribution in [1.29, 1.82) is 0 Å². The molecule has 0 radical (unpaired) electrons. The number of hydrogen-bond donors (Lipinski definition) is 3. The second kappa shape index (κ2) is 7.30. The molecule has 1 saturated carbocycles. The highest BCUT2D eigenvalue weighted by Gasteiger charge is 2.56. The zero-order chi connectivity index (χ0) is 20.6. The molecule has 150 valence electrons. The molecule has 4 aromatic rings. The predicted octanol–water partition coefficient (Wildman–Crippen LogP) is 3.79. The first-order chi connectivity index (χ1) is 14.7. The van der Waals surface area contributed by atoms with Crippen LogP contribution in [0.25, 0.3) is 21.8 Å². The molecule has 2 aromatic carbocycles. The Hall–Kier alpha value is -3.67. The van der Waals surface area contributed by atoms with Gasteiger partial charge in [-0.25, -0.2) is 0 Å². The van der Waals surface area contributed by atoms with E-state index in [0.29, 0.717) is 31.5 Å². The molecule has 2 heterocycles. The van der Waals surface area contributed by atoms with Crippen LogP contribution in [-0.4, -0.2) is 28.3 Å². The van der Waals surface area contributed by atoms with Gasteiger partial charge < -0.3 is 15.6 Å². The maximum Gasteiger partial charge on any atom is 0.240 e. The quantitative estimate of drug-likeness (QED) is 0.432. The molecule has 0 aliphatic heterocycles. The lowest BCUT2D eigenvalue weighted by Gasteiger charge is -2.16. The summed E-state index contributed by atoms with van der Waals surface area (Å²) in [6.07, 6.45) is 5.51. The van der Waals surface area contributed by atoms with E-state index in [-0.39, 0.29) is 11.8 Å². The number of aromatic amines is 1. The first kappa shape index (κ1) is 18.4. The first-order valence-corrected chi connectivity index (χ1v) is 10.2. The smallest absolute Gasteiger partial charge is 0.240 e. The molecule has 6 nitrogen and oxygen atoms in total. The van der Waals surface area contributed by atoms with Crippen molar-refractivity contribution in [3.63, 3.8) is 0 Å². The molecule has 3 N–H and O–H groups in total. The normalized spacial score (nSPS) is 14.5. The highest BCUT2D eigenvalue weighted by molar-refractivity contribution is 6.14. The number of nitrogens with one attached hydrogen (secondary N) is 3. The van der Waals surface area contributed by atoms with Crippen molar-refractivity contribution in [2.75, 3.05) is 11.9 Å². The Morgan fingerprint density at radius 2 is 1.83 bits per heavy atom. The monoisotopic (exact) mass is 398 g/mol. The van der Waals surface area contributed by atoms with Crippen molar-refractivity contribution >= 4 is 39.3 Å². The second-order valence-electron chi connectivity index (χ2n) is 7.78. The molecule has 2 amide bonds. The van der Waals surface area contributed by atoms with Gasteiger partial charge in [0, 0.05) is 35.2 Å². The van der Waals surface area contributed by atoms with Crippen molar-refractivity contribution in [3.05, 3.63) is 72.6 Å². The number of amides is 2. The molecule has 0 unspecified atom stereocenters. The fourth-order valence-electron chi connectivity index (χ4n) is 3.95. The molecule has 1 fully saturated rings. The van der Waals surface area contributed by atoms with Gasteiger partial charge in [-0.1, -0.05) is 36.4 Å². The maximum atomic E-state index is 12.9. The molecule has 0 saturated heterocycles. The minimum absolute atomic E-state index is 0.201. The van der Waals surface area contributed by atoms with E-state index in [2.05, 4.69) is 26.7 Å². The van der Waals surface area contributed by atoms with E-state index in [1.165, 1.54) is 0 Å². The highest BCUT2D eigenvalue weighted by Crippen LogP contribution is 2.47. The number of benzene rings is 2. The number of hydrogen-bond acceptors (Lipinski definition) is 3. The Morgan fingerprint density at radius 1 is 1.00 bits per heavy atom. The molecular weight excluding hydrogens is 376 g/mol. The van der Waals surface area contributed by atoms with Crippen molar-refractivity contribution in [3.8, 4) is 0 Å². The van der Waals surface area contributed by atoms with Crippen LogP contribution in [0.4, 0.5) is 5.69 Å². The summed E-state index contributed by atoms with van der Waals surface area (Å²) in [6.45, 7) is 0.492. The lowest BCUT2D eigenvalue weighted by molar-refractivity contribution is -0.134. The third-order valence-corrected chi connectivity index (χ3v) is 5.86. The van der Waals surface area contributed by atoms with E-state index >= 15 is 0 Å². The van der Waals surface area contributed by atoms with Gasteiger partial charge in [-0.15, -0.1) is 0 Å². The van der Waals surface area contributed by atoms with Gasteiger partial charge >= 0.3 is 0 Å². The zero-order valence-electron chi connectivity index (χ0n) is 16.4. The summed E-state index contributed by atoms with van der Waals surface area (Å²) in [6, 6.07) is 17.5. The van der Waals surface area contributed by atoms with E-state index in [4.69, 9.17) is 0 Å². The van der Waals surface area contributed by atoms with Crippen molar-refractivity contribution in [2.24, 2.45) is 5.41 Å². The molecule has 0 bridgehead atoms. The predicted molar refractivity (Wildman–Crippen MR) is 117 cm³/mol. The summed E-state index contributed by atoms with van der Waals surface area (Å²) in [5.41, 5.74) is 2.62. The molecule has 0 atom stereocenters. The van der Waals surface area contributed by atoms with Crippen molar-refractivity contribution in [2.45, 2.75) is 19.3 Å². The van der Waals surface area contributed by atoms with Crippen LogP contribution in [0.2, 0.25) is 0 Å². The summed E-state index contributed by atoms with van der Waals surface area (Å²) in [7, 11) is 0. The van der Waals surface area contributed by atoms with Gasteiger partial charge in [-0.3, -0.25) is 14.6 Å². The molecule has 0 spiro atoms. The number of rotatable bonds is 6. The number of carbonyl (C=O) groups excluding carboxylic acids is 2. The van der Waals surface area contributed by atoms with E-state index < -0.39 is 5.41 Å². The Labute approximate surface area is 173 Å². The number of fused-ring (bicyclic) bond motifs is 2. The van der Waals surface area contributed by atoms with Gasteiger partial charge in [0.2, 0.25) is 11.8 Å². The van der Waals surface area contributed by atoms with E-state index in [1.807, 2.05) is 54.7 Å². The van der Waals surface area contributed by atoms with Gasteiger partial charge in [-0.2, -0.15) is 0 Å². The Balaban J connectivity index is 1.24. The molecule has 2 aromatic heterocycles. The van der Waals surface area contributed by atoms with Gasteiger partial charge in [0.05, 0.1) is 11.2 Å². The topological polar surface area (TPSA) is 86.9 Å². The number of nitrogens with zero attached hydrogens (tertiary/aromatic N) is 1. The van der Waals surface area contributed by atoms with Gasteiger partial charge in [0.15, 0.2) is 0 Å². The minimum Gasteiger partial charge on any atom is -0.361 e. The molecule has 6 heteroatoms. The molecule has 5 rings (SSSR count). The van der Waals surface area contributed by atoms with Crippen LogP contribution in [0.5, 0.6) is 0 Å². The number of para-hydroxylation sites is 2. The van der Waals surface area contributed by atoms with E-state index in [9.17, 15) is 9.59 Å². The zero-order valence-corrected chi connectivity index (χ0v) is 16.4. The molecule has 30 heavy (non-hydrogen) atoms. The summed E-state index contributed by atoms with van der Waals surface area (Å²) in [5, 5.41) is 8.00. The lowest BCUT2D eigenvalue weighted by Crippen LogP contribution is -2.40. The molecule has 1 aliphatic rings. The Morgan fingerprint density at radius 3 is 2.70 bits per heavy atom. The van der Waals surface area contributed by atoms with Crippen LogP contribution in [0.1, 0.15) is 18.4 Å². The van der Waals surface area contributed by atoms with Crippen molar-refractivity contribution in [1.82, 2.24) is 15.3 Å². The maximum absolute atomic E-state index is 12.9. The van der Waals surface area contributed by atoms with Crippen LogP contribution in [0, 0.1) is 5.41 Å². The molecular formula is C24H22N4O2. The second-order valence-corrected chi connectivity index (χ2v) is 7.78. The van der Waals surface area contributed by atoms with Gasteiger partial charge in [0.25, 0.3) is 0 Å². The average molecular weight is 398 g/mol. The number of pyridine rings is 1. The SMILES string of the molecule is O=C(NCCc1c[nH]c2ccccc12)C1(C(=O)Nc2cccc3cccnc23)CC1. The van der Waals surface area contributed by atoms with Crippen LogP contribution < -0.4 is 10.6 Å². The van der Waals surface area contributed by atoms with Gasteiger partial charge in [-0.05, 0) is 43.0 Å². The first-order valence-electron chi connectivity index (χ1n) is 10.2. The minimum atomic E-state index is -0.975. The summed E-state index contributed by atoms with van der Waals surface area (Å²) in [4.78, 5) is 33.4. The summed E-state index contributed by atoms with van der Waals surface area (Å²) in [5.74, 6) is -0.460. The average Bonchev–Trinajstić information content (AvgIpc) is 3.50. The highest BCUT2D eigenvalue weighted by atomic mass is 16.2. The van der Waals surface area contributed by atoms with Gasteiger partial charge in [0.1, 0.15) is 5.41 Å². The molecule has 1 aliphatic carbocycles. The fraction of sp³-hybridized carbons (Fsp3) is 0.208. The Bertz CT molecular complexity index is 1250.